The third kappa shape index (κ3) is 5.70. The van der Waals surface area contributed by atoms with E-state index in [1.807, 2.05) is 6.92 Å². The van der Waals surface area contributed by atoms with Crippen LogP contribution in [0.2, 0.25) is 0 Å². The molecule has 15 heavy (non-hydrogen) atoms. The van der Waals surface area contributed by atoms with Crippen LogP contribution in [0.4, 0.5) is 0 Å². The molecule has 0 saturated heterocycles. The first kappa shape index (κ1) is 13.2. The highest BCUT2D eigenvalue weighted by Crippen LogP contribution is 2.35. The van der Waals surface area contributed by atoms with Crippen LogP contribution in [-0.2, 0) is 14.8 Å². The van der Waals surface area contributed by atoms with Crippen LogP contribution in [0.3, 0.4) is 0 Å². The first-order valence-corrected chi connectivity index (χ1v) is 7.33. The quantitative estimate of drug-likeness (QED) is 0.519. The van der Waals surface area contributed by atoms with Crippen LogP contribution in [0.25, 0.3) is 0 Å². The Hall–Kier alpha value is 0.160. The van der Waals surface area contributed by atoms with Crippen molar-refractivity contribution in [1.29, 1.82) is 0 Å². The summed E-state index contributed by atoms with van der Waals surface area (Å²) in [6, 6.07) is 0. The Morgan fingerprint density at radius 1 is 1.53 bits per heavy atom. The van der Waals surface area contributed by atoms with Crippen molar-refractivity contribution in [3.63, 3.8) is 0 Å². The molecule has 1 aliphatic carbocycles. The summed E-state index contributed by atoms with van der Waals surface area (Å²) in [5.41, 5.74) is 0. The molecular formula is C9H18ClNO3S. The molecule has 0 bridgehead atoms. The monoisotopic (exact) mass is 255 g/mol. The van der Waals surface area contributed by atoms with Gasteiger partial charge in [-0.25, -0.2) is 13.1 Å². The molecule has 1 unspecified atom stereocenters. The van der Waals surface area contributed by atoms with E-state index in [0.29, 0.717) is 19.1 Å². The lowest BCUT2D eigenvalue weighted by molar-refractivity contribution is 0.163. The van der Waals surface area contributed by atoms with E-state index in [9.17, 15) is 8.42 Å². The molecule has 6 heteroatoms. The molecule has 0 spiro atoms. The normalized spacial score (nSPS) is 19.1. The third-order valence-electron chi connectivity index (χ3n) is 2.33. The highest BCUT2D eigenvalue weighted by atomic mass is 35.5. The average Bonchev–Trinajstić information content (AvgIpc) is 2.98. The van der Waals surface area contributed by atoms with Gasteiger partial charge in [-0.3, -0.25) is 0 Å². The molecule has 90 valence electrons. The molecule has 1 aliphatic rings. The molecule has 0 amide bonds. The van der Waals surface area contributed by atoms with Crippen molar-refractivity contribution in [3.05, 3.63) is 0 Å². The van der Waals surface area contributed by atoms with Gasteiger partial charge in [0.15, 0.2) is 0 Å². The van der Waals surface area contributed by atoms with Gasteiger partial charge >= 0.3 is 0 Å². The van der Waals surface area contributed by atoms with E-state index >= 15 is 0 Å². The maximum absolute atomic E-state index is 11.4. The molecule has 0 radical (unpaired) electrons. The predicted octanol–water partition coefficient (Wildman–Crippen LogP) is 0.960. The first-order valence-electron chi connectivity index (χ1n) is 5.24. The zero-order valence-corrected chi connectivity index (χ0v) is 10.5. The van der Waals surface area contributed by atoms with Gasteiger partial charge in [-0.1, -0.05) is 0 Å². The molecule has 1 saturated carbocycles. The standard InChI is InChI=1S/C9H18ClNO3S/c1-2-14-5-6-15(12,13)11-7-9(10)8-3-4-8/h8-9,11H,2-7H2,1H3. The van der Waals surface area contributed by atoms with Crippen LogP contribution in [-0.4, -0.2) is 39.3 Å². The lowest BCUT2D eigenvalue weighted by Gasteiger charge is -2.10. The summed E-state index contributed by atoms with van der Waals surface area (Å²) < 4.78 is 30.3. The van der Waals surface area contributed by atoms with Crippen molar-refractivity contribution in [2.75, 3.05) is 25.5 Å². The van der Waals surface area contributed by atoms with E-state index in [4.69, 9.17) is 16.3 Å². The van der Waals surface area contributed by atoms with E-state index in [1.54, 1.807) is 0 Å². The summed E-state index contributed by atoms with van der Waals surface area (Å²) in [7, 11) is -3.21. The Balaban J connectivity index is 2.16. The van der Waals surface area contributed by atoms with Crippen LogP contribution in [0.5, 0.6) is 0 Å². The molecule has 0 aromatic heterocycles. The molecule has 1 atom stereocenters. The fraction of sp³-hybridized carbons (Fsp3) is 1.00. The first-order chi connectivity index (χ1) is 7.05. The van der Waals surface area contributed by atoms with Gasteiger partial charge in [0.1, 0.15) is 0 Å². The number of halogens is 1. The zero-order valence-electron chi connectivity index (χ0n) is 8.91. The Bertz CT molecular complexity index is 277. The third-order valence-corrected chi connectivity index (χ3v) is 4.15. The maximum atomic E-state index is 11.4. The van der Waals surface area contributed by atoms with Gasteiger partial charge in [0.2, 0.25) is 10.0 Å². The van der Waals surface area contributed by atoms with E-state index in [-0.39, 0.29) is 17.7 Å². The van der Waals surface area contributed by atoms with E-state index in [1.165, 1.54) is 0 Å². The lowest BCUT2D eigenvalue weighted by atomic mass is 10.3. The Labute approximate surface area is 96.4 Å². The van der Waals surface area contributed by atoms with E-state index < -0.39 is 10.0 Å². The van der Waals surface area contributed by atoms with Gasteiger partial charge in [-0.15, -0.1) is 11.6 Å². The molecule has 1 N–H and O–H groups in total. The maximum Gasteiger partial charge on any atom is 0.213 e. The number of sulfonamides is 1. The fourth-order valence-electron chi connectivity index (χ4n) is 1.22. The average molecular weight is 256 g/mol. The van der Waals surface area contributed by atoms with E-state index in [2.05, 4.69) is 4.72 Å². The second kappa shape index (κ2) is 6.03. The highest BCUT2D eigenvalue weighted by Gasteiger charge is 2.30. The van der Waals surface area contributed by atoms with Crippen molar-refractivity contribution in [1.82, 2.24) is 4.72 Å². The molecule has 0 aliphatic heterocycles. The van der Waals surface area contributed by atoms with Gasteiger partial charge in [0.05, 0.1) is 12.4 Å². The van der Waals surface area contributed by atoms with Crippen LogP contribution in [0.15, 0.2) is 0 Å². The second-order valence-corrected chi connectivity index (χ2v) is 6.20. The summed E-state index contributed by atoms with van der Waals surface area (Å²) in [6.07, 6.45) is 2.24. The van der Waals surface area contributed by atoms with Gasteiger partial charge in [0.25, 0.3) is 0 Å². The van der Waals surface area contributed by atoms with Crippen molar-refractivity contribution in [2.24, 2.45) is 5.92 Å². The minimum atomic E-state index is -3.21. The Kier molecular flexibility index (Phi) is 5.32. The number of hydrogen-bond acceptors (Lipinski definition) is 3. The van der Waals surface area contributed by atoms with Gasteiger partial charge in [0, 0.05) is 18.5 Å². The Morgan fingerprint density at radius 3 is 2.73 bits per heavy atom. The molecule has 1 rings (SSSR count). The lowest BCUT2D eigenvalue weighted by Crippen LogP contribution is -2.33. The SMILES string of the molecule is CCOCCS(=O)(=O)NCC(Cl)C1CC1. The van der Waals surface area contributed by atoms with Crippen LogP contribution >= 0.6 is 11.6 Å². The Morgan fingerprint density at radius 2 is 2.20 bits per heavy atom. The fourth-order valence-corrected chi connectivity index (χ4v) is 2.55. The molecule has 4 nitrogen and oxygen atoms in total. The molecule has 0 heterocycles. The van der Waals surface area contributed by atoms with Crippen LogP contribution in [0, 0.1) is 5.92 Å². The topological polar surface area (TPSA) is 55.4 Å². The number of ether oxygens (including phenoxy) is 1. The predicted molar refractivity (Wildman–Crippen MR) is 60.6 cm³/mol. The number of nitrogens with one attached hydrogen (secondary N) is 1. The van der Waals surface area contributed by atoms with E-state index in [0.717, 1.165) is 12.8 Å². The summed E-state index contributed by atoms with van der Waals surface area (Å²) >= 11 is 5.99. The largest absolute Gasteiger partial charge is 0.381 e. The van der Waals surface area contributed by atoms with Crippen molar-refractivity contribution in [3.8, 4) is 0 Å². The van der Waals surface area contributed by atoms with Crippen LogP contribution in [0.1, 0.15) is 19.8 Å². The van der Waals surface area contributed by atoms with Gasteiger partial charge in [-0.05, 0) is 25.7 Å². The molecule has 0 aromatic carbocycles. The highest BCUT2D eigenvalue weighted by molar-refractivity contribution is 7.89. The molecular weight excluding hydrogens is 238 g/mol. The van der Waals surface area contributed by atoms with Crippen molar-refractivity contribution >= 4 is 21.6 Å². The molecule has 0 aromatic rings. The van der Waals surface area contributed by atoms with Crippen LogP contribution < -0.4 is 4.72 Å². The number of alkyl halides is 1. The zero-order chi connectivity index (χ0) is 11.3. The minimum Gasteiger partial charge on any atom is -0.381 e. The number of rotatable bonds is 8. The number of hydrogen-bond donors (Lipinski definition) is 1. The minimum absolute atomic E-state index is 0.00904. The van der Waals surface area contributed by atoms with Gasteiger partial charge in [-0.2, -0.15) is 0 Å². The van der Waals surface area contributed by atoms with Gasteiger partial charge < -0.3 is 4.74 Å². The summed E-state index contributed by atoms with van der Waals surface area (Å²) in [5.74, 6) is 0.510. The molecule has 1 fully saturated rings. The second-order valence-electron chi connectivity index (χ2n) is 3.72. The van der Waals surface area contributed by atoms with Crippen molar-refractivity contribution in [2.45, 2.75) is 25.1 Å². The van der Waals surface area contributed by atoms with Crippen molar-refractivity contribution < 1.29 is 13.2 Å². The smallest absolute Gasteiger partial charge is 0.213 e. The summed E-state index contributed by atoms with van der Waals surface area (Å²) in [6.45, 7) is 2.94. The summed E-state index contributed by atoms with van der Waals surface area (Å²) in [4.78, 5) is 0. The summed E-state index contributed by atoms with van der Waals surface area (Å²) in [5, 5.41) is -0.0631.